The topological polar surface area (TPSA) is 257 Å². The minimum Gasteiger partial charge on any atom is -0.497 e. The molecule has 4 aliphatic heterocycles. The summed E-state index contributed by atoms with van der Waals surface area (Å²) in [5.74, 6) is 5.80. The number of piperidine rings is 3. The number of fused-ring (bicyclic) bond motifs is 3. The Hall–Kier alpha value is -7.78. The molecule has 0 spiro atoms. The number of aryl methyl sites for hydroxylation is 1. The van der Waals surface area contributed by atoms with Gasteiger partial charge in [0.15, 0.2) is 33.8 Å². The number of nitrogens with one attached hydrogen (secondary N) is 1. The molecule has 97 heavy (non-hydrogen) atoms. The molecule has 29 heteroatoms. The van der Waals surface area contributed by atoms with Crippen molar-refractivity contribution in [1.82, 2.24) is 64.4 Å². The van der Waals surface area contributed by atoms with Crippen molar-refractivity contribution in [3.05, 3.63) is 172 Å². The minimum atomic E-state index is -0.211. The smallest absolute Gasteiger partial charge is 0.292 e. The zero-order chi connectivity index (χ0) is 68.8. The van der Waals surface area contributed by atoms with E-state index in [4.69, 9.17) is 96.1 Å². The summed E-state index contributed by atoms with van der Waals surface area (Å²) in [4.78, 5) is 63.8. The predicted octanol–water partition coefficient (Wildman–Crippen LogP) is 14.6. The van der Waals surface area contributed by atoms with E-state index in [9.17, 15) is 4.79 Å². The molecule has 14 rings (SSSR count). The van der Waals surface area contributed by atoms with Crippen LogP contribution in [0.3, 0.4) is 0 Å². The van der Waals surface area contributed by atoms with E-state index >= 15 is 0 Å². The molecule has 0 saturated carbocycles. The molecule has 23 nitrogen and oxygen atoms in total. The number of aliphatic imine (C=N–C) groups is 1. The fourth-order valence-corrected chi connectivity index (χ4v) is 12.7. The molecule has 3 N–H and O–H groups in total. The largest absolute Gasteiger partial charge is 0.497 e. The number of halogens is 6. The minimum absolute atomic E-state index is 0.0916. The van der Waals surface area contributed by atoms with Crippen LogP contribution < -0.4 is 44.9 Å². The first-order valence-corrected chi connectivity index (χ1v) is 34.6. The van der Waals surface area contributed by atoms with Crippen LogP contribution in [0.4, 0.5) is 17.5 Å². The Kier molecular flexibility index (Phi) is 22.2. The molecule has 0 unspecified atom stereocenters. The number of methoxy groups -OCH3 is 2. The molecule has 3 saturated heterocycles. The number of nitrogens with two attached hydrogens (primary N) is 1. The maximum absolute atomic E-state index is 12.3. The molecule has 12 heterocycles. The molecule has 10 aromatic rings. The average molecular weight is 1530 g/mol. The molecular weight excluding hydrogens is 1450 g/mol. The van der Waals surface area contributed by atoms with Gasteiger partial charge in [0.25, 0.3) is 11.4 Å². The average Bonchev–Trinajstić information content (AvgIpc) is 1.64. The fourth-order valence-electron chi connectivity index (χ4n) is 11.1. The number of aromatic amines is 1. The highest BCUT2D eigenvalue weighted by molar-refractivity contribution is 9.10. The zero-order valence-electron chi connectivity index (χ0n) is 55.0. The first-order valence-electron chi connectivity index (χ1n) is 31.5. The van der Waals surface area contributed by atoms with Crippen molar-refractivity contribution in [2.24, 2.45) is 21.6 Å². The van der Waals surface area contributed by atoms with Gasteiger partial charge in [0.05, 0.1) is 88.4 Å². The van der Waals surface area contributed by atoms with Gasteiger partial charge in [-0.2, -0.15) is 0 Å². The van der Waals surface area contributed by atoms with Crippen molar-refractivity contribution in [3.63, 3.8) is 0 Å². The van der Waals surface area contributed by atoms with Crippen molar-refractivity contribution >= 4 is 124 Å². The molecule has 0 aliphatic carbocycles. The fraction of sp³-hybridized carbons (Fsp3) is 0.382. The molecule has 508 valence electrons. The maximum Gasteiger partial charge on any atom is 0.292 e. The quantitative estimate of drug-likeness (QED) is 0.108. The summed E-state index contributed by atoms with van der Waals surface area (Å²) in [7, 11) is 3.30. The van der Waals surface area contributed by atoms with Crippen LogP contribution in [-0.2, 0) is 19.6 Å². The number of pyridine rings is 3. The van der Waals surface area contributed by atoms with Crippen LogP contribution in [0.2, 0.25) is 20.1 Å². The van der Waals surface area contributed by atoms with E-state index < -0.39 is 0 Å². The SMILES string of the molecule is COc1ccc(Cn2[nH]c(=O)c3ncc(N4CCC(C)(C)CC4)nc32)cc1.COc1ccc(Cn2nc(Oc3c(Cl)ccnc3Br)c3ncc(N4CCC(C)(C)CC4)nc32)cc1.Cc1nccc(Cl)c1OC1=NCc2nc(N3CCC(C)(N)CC3)cnc21.Clc1cncc(Br)c1Cl. The normalized spacial score (nSPS) is 16.0. The summed E-state index contributed by atoms with van der Waals surface area (Å²) in [6.07, 6.45) is 18.0. The van der Waals surface area contributed by atoms with E-state index in [0.717, 1.165) is 128 Å². The molecule has 0 bridgehead atoms. The third-order valence-electron chi connectivity index (χ3n) is 17.4. The molecular formula is C68H74Br2Cl4N18O5. The van der Waals surface area contributed by atoms with E-state index in [2.05, 4.69) is 116 Å². The number of ether oxygens (including phenoxy) is 4. The molecule has 0 radical (unpaired) electrons. The Balaban J connectivity index is 0.000000140. The van der Waals surface area contributed by atoms with Gasteiger partial charge in [0, 0.05) is 69.6 Å². The van der Waals surface area contributed by atoms with E-state index in [1.807, 2.05) is 60.1 Å². The lowest BCUT2D eigenvalue weighted by Gasteiger charge is -2.37. The maximum atomic E-state index is 12.3. The Bertz CT molecular complexity index is 4450. The van der Waals surface area contributed by atoms with Crippen LogP contribution >= 0.6 is 78.3 Å². The Morgan fingerprint density at radius 1 is 0.588 bits per heavy atom. The van der Waals surface area contributed by atoms with Gasteiger partial charge in [0.1, 0.15) is 39.2 Å². The van der Waals surface area contributed by atoms with Crippen molar-refractivity contribution < 1.29 is 18.9 Å². The summed E-state index contributed by atoms with van der Waals surface area (Å²) >= 11 is 30.4. The Labute approximate surface area is 598 Å². The molecule has 4 aliphatic rings. The van der Waals surface area contributed by atoms with E-state index in [-0.39, 0.29) is 11.1 Å². The lowest BCUT2D eigenvalue weighted by atomic mass is 9.83. The third-order valence-corrected chi connectivity index (χ3v) is 20.2. The number of hydrogen-bond donors (Lipinski definition) is 2. The van der Waals surface area contributed by atoms with Crippen LogP contribution in [0, 0.1) is 17.8 Å². The lowest BCUT2D eigenvalue weighted by molar-refractivity contribution is 0.279. The van der Waals surface area contributed by atoms with Crippen LogP contribution in [0.25, 0.3) is 22.3 Å². The molecule has 0 atom stereocenters. The van der Waals surface area contributed by atoms with E-state index in [1.54, 1.807) is 68.2 Å². The number of rotatable bonds is 12. The number of H-pyrrole nitrogens is 1. The molecule has 0 amide bonds. The first kappa shape index (κ1) is 70.5. The van der Waals surface area contributed by atoms with Gasteiger partial charge in [-0.3, -0.25) is 24.5 Å². The van der Waals surface area contributed by atoms with Crippen molar-refractivity contribution in [3.8, 4) is 28.9 Å². The number of anilines is 3. The number of nitrogens with zero attached hydrogens (tertiary/aromatic N) is 16. The summed E-state index contributed by atoms with van der Waals surface area (Å²) in [5.41, 5.74) is 13.1. The second kappa shape index (κ2) is 30.5. The third kappa shape index (κ3) is 17.4. The number of aromatic nitrogens is 13. The zero-order valence-corrected chi connectivity index (χ0v) is 61.2. The van der Waals surface area contributed by atoms with Crippen molar-refractivity contribution in [1.29, 1.82) is 0 Å². The lowest BCUT2D eigenvalue weighted by Crippen LogP contribution is -2.48. The molecule has 2 aromatic carbocycles. The highest BCUT2D eigenvalue weighted by atomic mass is 79.9. The van der Waals surface area contributed by atoms with Gasteiger partial charge < -0.3 is 39.4 Å². The van der Waals surface area contributed by atoms with Crippen molar-refractivity contribution in [2.75, 3.05) is 68.2 Å². The van der Waals surface area contributed by atoms with Gasteiger partial charge in [-0.25, -0.2) is 44.6 Å². The van der Waals surface area contributed by atoms with Crippen LogP contribution in [0.1, 0.15) is 101 Å². The molecule has 3 fully saturated rings. The standard InChI is InChI=1S/C25H26BrClN6O2.C20H25N5O2.C18H21ClN6O.C5H2BrCl2N/c1-25(2)9-12-32(13-10-25)19-14-29-20-23(30-19)33(15-16-4-6-17(34-3)7-5-16)31-24(20)35-21-18(27)8-11-28-22(21)26;1-20(2)8-10-24(11-9-20)16-12-21-17-18(22-16)25(23-19(17)26)13-14-4-6-15(27-3)7-5-14;1-11-16(12(19)3-6-21-11)26-17-15-13(9-23-17)24-14(10-22-15)25-7-4-18(2,20)5-8-25;6-3-1-9-2-4(7)5(3)8/h4-8,11,14H,9-10,12-13,15H2,1-3H3;4-7,12H,8-11,13H2,1-3H3,(H,23,26);3,6,10H,4-5,7-9,20H2,1-2H3;1-2H. The Morgan fingerprint density at radius 3 is 1.67 bits per heavy atom. The first-order chi connectivity index (χ1) is 46.4. The summed E-state index contributed by atoms with van der Waals surface area (Å²) in [5, 5.41) is 9.47. The van der Waals surface area contributed by atoms with Crippen LogP contribution in [-0.4, -0.2) is 129 Å². The predicted molar refractivity (Wildman–Crippen MR) is 388 cm³/mol. The van der Waals surface area contributed by atoms with E-state index in [0.29, 0.717) is 112 Å². The highest BCUT2D eigenvalue weighted by Gasteiger charge is 2.31. The number of benzene rings is 2. The summed E-state index contributed by atoms with van der Waals surface area (Å²) < 4.78 is 27.3. The van der Waals surface area contributed by atoms with Crippen molar-refractivity contribution in [2.45, 2.75) is 105 Å². The van der Waals surface area contributed by atoms with Crippen LogP contribution in [0.5, 0.6) is 28.9 Å². The van der Waals surface area contributed by atoms with Gasteiger partial charge >= 0.3 is 0 Å². The van der Waals surface area contributed by atoms with Gasteiger partial charge in [0.2, 0.25) is 5.90 Å². The van der Waals surface area contributed by atoms with Gasteiger partial charge in [-0.05, 0) is 143 Å². The van der Waals surface area contributed by atoms with Gasteiger partial charge in [-0.1, -0.05) is 98.4 Å². The summed E-state index contributed by atoms with van der Waals surface area (Å²) in [6, 6.07) is 19.0. The van der Waals surface area contributed by atoms with Crippen LogP contribution in [0.15, 0.2) is 123 Å². The summed E-state index contributed by atoms with van der Waals surface area (Å²) in [6.45, 7) is 20.2. The number of hydrogen-bond acceptors (Lipinski definition) is 20. The van der Waals surface area contributed by atoms with Gasteiger partial charge in [-0.15, -0.1) is 5.10 Å². The Morgan fingerprint density at radius 2 is 1.11 bits per heavy atom. The molecule has 8 aromatic heterocycles. The second-order valence-electron chi connectivity index (χ2n) is 25.8. The highest BCUT2D eigenvalue weighted by Crippen LogP contribution is 2.39. The van der Waals surface area contributed by atoms with E-state index in [1.165, 1.54) is 6.20 Å². The second-order valence-corrected chi connectivity index (χ2v) is 29.0. The monoisotopic (exact) mass is 1520 g/mol.